The van der Waals surface area contributed by atoms with E-state index in [1.54, 1.807) is 11.1 Å². The molecule has 0 unspecified atom stereocenters. The summed E-state index contributed by atoms with van der Waals surface area (Å²) in [7, 11) is 0. The predicted octanol–water partition coefficient (Wildman–Crippen LogP) is 3.47. The number of esters is 1. The number of nitrogens with zero attached hydrogens (tertiary/aromatic N) is 2. The lowest BCUT2D eigenvalue weighted by Crippen LogP contribution is -2.38. The van der Waals surface area contributed by atoms with Gasteiger partial charge in [0.25, 0.3) is 5.91 Å². The number of hydrogen-bond acceptors (Lipinski definition) is 4. The normalized spacial score (nSPS) is 16.5. The largest absolute Gasteiger partial charge is 0.452 e. The summed E-state index contributed by atoms with van der Waals surface area (Å²) < 4.78 is 5.19. The van der Waals surface area contributed by atoms with Gasteiger partial charge in [-0.25, -0.2) is 0 Å². The lowest BCUT2D eigenvalue weighted by atomic mass is 10.1. The van der Waals surface area contributed by atoms with Crippen molar-refractivity contribution < 1.29 is 14.3 Å². The van der Waals surface area contributed by atoms with Gasteiger partial charge in [-0.15, -0.1) is 0 Å². The van der Waals surface area contributed by atoms with Crippen molar-refractivity contribution in [3.05, 3.63) is 72.4 Å². The molecule has 5 nitrogen and oxygen atoms in total. The summed E-state index contributed by atoms with van der Waals surface area (Å²) in [5, 5.41) is 1.03. The Balaban J connectivity index is 1.65. The highest BCUT2D eigenvalue weighted by Crippen LogP contribution is 2.24. The minimum Gasteiger partial charge on any atom is -0.452 e. The van der Waals surface area contributed by atoms with E-state index in [1.807, 2.05) is 60.7 Å². The maximum absolute atomic E-state index is 13.0. The predicted molar refractivity (Wildman–Crippen MR) is 98.5 cm³/mol. The van der Waals surface area contributed by atoms with Gasteiger partial charge in [0.05, 0.1) is 12.1 Å². The molecule has 130 valence electrons. The second kappa shape index (κ2) is 6.96. The van der Waals surface area contributed by atoms with Crippen molar-refractivity contribution >= 4 is 28.5 Å². The summed E-state index contributed by atoms with van der Waals surface area (Å²) >= 11 is 0. The molecule has 1 amide bonds. The Hall–Kier alpha value is -3.21. The summed E-state index contributed by atoms with van der Waals surface area (Å²) in [6, 6.07) is 19.3. The summed E-state index contributed by atoms with van der Waals surface area (Å²) in [6.45, 7) is 0.370. The Morgan fingerprint density at radius 3 is 2.65 bits per heavy atom. The topological polar surface area (TPSA) is 59.5 Å². The van der Waals surface area contributed by atoms with Crippen LogP contribution in [0.4, 0.5) is 5.69 Å². The minimum absolute atomic E-state index is 0.199. The van der Waals surface area contributed by atoms with Crippen LogP contribution in [0.2, 0.25) is 0 Å². The molecule has 0 spiro atoms. The van der Waals surface area contributed by atoms with Crippen LogP contribution >= 0.6 is 0 Å². The van der Waals surface area contributed by atoms with Crippen LogP contribution in [-0.2, 0) is 20.9 Å². The van der Waals surface area contributed by atoms with Gasteiger partial charge in [0, 0.05) is 30.1 Å². The summed E-state index contributed by atoms with van der Waals surface area (Å²) in [6.07, 6.45) is 1.79. The molecule has 26 heavy (non-hydrogen) atoms. The summed E-state index contributed by atoms with van der Waals surface area (Å²) in [5.74, 6) is -0.515. The number of carbonyl (C=O) groups excluding carboxylic acids is 2. The van der Waals surface area contributed by atoms with E-state index < -0.39 is 6.10 Å². The molecular formula is C21H18N2O3. The molecule has 0 radical (unpaired) electrons. The fourth-order valence-corrected chi connectivity index (χ4v) is 3.16. The first-order valence-corrected chi connectivity index (χ1v) is 8.60. The third-order valence-electron chi connectivity index (χ3n) is 4.48. The van der Waals surface area contributed by atoms with E-state index in [9.17, 15) is 9.59 Å². The summed E-state index contributed by atoms with van der Waals surface area (Å²) in [4.78, 5) is 30.5. The molecule has 3 aromatic rings. The summed E-state index contributed by atoms with van der Waals surface area (Å²) in [5.41, 5.74) is 2.61. The van der Waals surface area contributed by atoms with Crippen molar-refractivity contribution in [3.8, 4) is 0 Å². The highest BCUT2D eigenvalue weighted by molar-refractivity contribution is 5.98. The van der Waals surface area contributed by atoms with E-state index in [2.05, 4.69) is 4.98 Å². The third-order valence-corrected chi connectivity index (χ3v) is 4.48. The Morgan fingerprint density at radius 1 is 1.12 bits per heavy atom. The second-order valence-electron chi connectivity index (χ2n) is 6.31. The van der Waals surface area contributed by atoms with Gasteiger partial charge in [-0.05, 0) is 29.8 Å². The number of fused-ring (bicyclic) bond motifs is 1. The van der Waals surface area contributed by atoms with Crippen molar-refractivity contribution in [3.63, 3.8) is 0 Å². The molecule has 1 saturated heterocycles. The minimum atomic E-state index is -0.712. The molecule has 0 bridgehead atoms. The van der Waals surface area contributed by atoms with Gasteiger partial charge in [0.2, 0.25) is 0 Å². The molecule has 2 heterocycles. The van der Waals surface area contributed by atoms with Gasteiger partial charge in [0.1, 0.15) is 0 Å². The zero-order chi connectivity index (χ0) is 17.9. The molecule has 0 N–H and O–H groups in total. The van der Waals surface area contributed by atoms with Crippen molar-refractivity contribution in [1.82, 2.24) is 4.98 Å². The number of anilines is 1. The number of hydrogen-bond donors (Lipinski definition) is 0. The Morgan fingerprint density at radius 2 is 1.88 bits per heavy atom. The fourth-order valence-electron chi connectivity index (χ4n) is 3.16. The Kier molecular flexibility index (Phi) is 4.35. The Labute approximate surface area is 151 Å². The van der Waals surface area contributed by atoms with E-state index in [-0.39, 0.29) is 18.3 Å². The molecule has 0 aliphatic carbocycles. The smallest absolute Gasteiger partial charge is 0.306 e. The van der Waals surface area contributed by atoms with Crippen LogP contribution in [0.5, 0.6) is 0 Å². The molecule has 1 aromatic heterocycles. The van der Waals surface area contributed by atoms with Crippen molar-refractivity contribution in [2.24, 2.45) is 0 Å². The lowest BCUT2D eigenvalue weighted by molar-refractivity contribution is -0.147. The molecule has 1 aliphatic rings. The van der Waals surface area contributed by atoms with E-state index in [4.69, 9.17) is 4.74 Å². The van der Waals surface area contributed by atoms with Crippen molar-refractivity contribution in [2.45, 2.75) is 25.5 Å². The number of carbonyl (C=O) groups is 2. The van der Waals surface area contributed by atoms with Gasteiger partial charge in [-0.1, -0.05) is 36.4 Å². The molecule has 5 heteroatoms. The monoisotopic (exact) mass is 346 g/mol. The van der Waals surface area contributed by atoms with Crippen molar-refractivity contribution in [1.29, 1.82) is 0 Å². The van der Waals surface area contributed by atoms with Gasteiger partial charge >= 0.3 is 5.97 Å². The van der Waals surface area contributed by atoms with Gasteiger partial charge < -0.3 is 9.64 Å². The van der Waals surface area contributed by atoms with Gasteiger partial charge in [-0.2, -0.15) is 0 Å². The molecular weight excluding hydrogens is 328 g/mol. The number of cyclic esters (lactones) is 1. The first kappa shape index (κ1) is 16.3. The number of benzene rings is 2. The number of para-hydroxylation sites is 2. The van der Waals surface area contributed by atoms with E-state index in [0.717, 1.165) is 22.2 Å². The zero-order valence-corrected chi connectivity index (χ0v) is 14.2. The number of ether oxygens (including phenoxy) is 1. The molecule has 1 aliphatic heterocycles. The first-order chi connectivity index (χ1) is 12.7. The molecule has 1 fully saturated rings. The van der Waals surface area contributed by atoms with Crippen LogP contribution < -0.4 is 4.90 Å². The average Bonchev–Trinajstić information content (AvgIpc) is 3.12. The highest BCUT2D eigenvalue weighted by Gasteiger charge is 2.33. The second-order valence-corrected chi connectivity index (χ2v) is 6.31. The Bertz CT molecular complexity index is 956. The maximum atomic E-state index is 13.0. The molecule has 2 aromatic carbocycles. The zero-order valence-electron chi connectivity index (χ0n) is 14.2. The van der Waals surface area contributed by atoms with Crippen LogP contribution in [0.3, 0.4) is 0 Å². The SMILES string of the molecule is O=C1CC[C@H](C(=O)N(Cc2cnc3ccccc3c2)c2ccccc2)O1. The number of rotatable bonds is 4. The van der Waals surface area contributed by atoms with Crippen molar-refractivity contribution in [2.75, 3.05) is 4.90 Å². The fraction of sp³-hybridized carbons (Fsp3) is 0.190. The number of amides is 1. The molecule has 0 saturated carbocycles. The van der Waals surface area contributed by atoms with E-state index in [1.165, 1.54) is 0 Å². The standard InChI is InChI=1S/C21H18N2O3/c24-20-11-10-19(26-20)21(25)23(17-7-2-1-3-8-17)14-15-12-16-6-4-5-9-18(16)22-13-15/h1-9,12-13,19H,10-11,14H2/t19-/m1/s1. The van der Waals surface area contributed by atoms with E-state index >= 15 is 0 Å². The number of aromatic nitrogens is 1. The third kappa shape index (κ3) is 3.28. The van der Waals surface area contributed by atoms with Crippen LogP contribution in [0.1, 0.15) is 18.4 Å². The quantitative estimate of drug-likeness (QED) is 0.679. The maximum Gasteiger partial charge on any atom is 0.306 e. The molecule has 1 atom stereocenters. The number of pyridine rings is 1. The van der Waals surface area contributed by atoms with Crippen LogP contribution in [0.25, 0.3) is 10.9 Å². The van der Waals surface area contributed by atoms with Gasteiger partial charge in [0.15, 0.2) is 6.10 Å². The lowest BCUT2D eigenvalue weighted by Gasteiger charge is -2.25. The average molecular weight is 346 g/mol. The molecule has 4 rings (SSSR count). The first-order valence-electron chi connectivity index (χ1n) is 8.60. The van der Waals surface area contributed by atoms with E-state index in [0.29, 0.717) is 13.0 Å². The van der Waals surface area contributed by atoms with Crippen LogP contribution in [0, 0.1) is 0 Å². The van der Waals surface area contributed by atoms with Gasteiger partial charge in [-0.3, -0.25) is 14.6 Å². The van der Waals surface area contributed by atoms with Crippen LogP contribution in [0.15, 0.2) is 66.9 Å². The van der Waals surface area contributed by atoms with Crippen LogP contribution in [-0.4, -0.2) is 23.0 Å². The highest BCUT2D eigenvalue weighted by atomic mass is 16.6.